The summed E-state index contributed by atoms with van der Waals surface area (Å²) in [6.45, 7) is 0.410. The number of benzene rings is 2. The molecule has 10 nitrogen and oxygen atoms in total. The van der Waals surface area contributed by atoms with Gasteiger partial charge in [0.25, 0.3) is 11.6 Å². The summed E-state index contributed by atoms with van der Waals surface area (Å²) >= 11 is 5.75. The van der Waals surface area contributed by atoms with Gasteiger partial charge < -0.3 is 16.0 Å². The first-order chi connectivity index (χ1) is 15.9. The van der Waals surface area contributed by atoms with Crippen molar-refractivity contribution in [3.05, 3.63) is 87.2 Å². The van der Waals surface area contributed by atoms with Crippen LogP contribution in [0.1, 0.15) is 15.9 Å². The molecular weight excluding hydrogens is 446 g/mol. The molecule has 3 N–H and O–H groups in total. The van der Waals surface area contributed by atoms with Crippen LogP contribution in [0.15, 0.2) is 60.8 Å². The summed E-state index contributed by atoms with van der Waals surface area (Å²) in [4.78, 5) is 35.8. The molecule has 0 fully saturated rings. The zero-order valence-electron chi connectivity index (χ0n) is 17.4. The van der Waals surface area contributed by atoms with E-state index in [4.69, 9.17) is 11.6 Å². The Balaban J connectivity index is 1.49. The predicted molar refractivity (Wildman–Crippen MR) is 127 cm³/mol. The summed E-state index contributed by atoms with van der Waals surface area (Å²) in [7, 11) is 1.65. The molecule has 0 aliphatic rings. The van der Waals surface area contributed by atoms with E-state index in [1.807, 2.05) is 12.1 Å². The number of non-ortho nitro benzene ring substituents is 1. The third-order valence-corrected chi connectivity index (χ3v) is 5.01. The normalized spacial score (nSPS) is 10.6. The molecule has 0 aliphatic carbocycles. The third-order valence-electron chi connectivity index (χ3n) is 4.79. The zero-order valence-corrected chi connectivity index (χ0v) is 18.1. The first-order valence-electron chi connectivity index (χ1n) is 9.83. The largest absolute Gasteiger partial charge is 0.365 e. The Hall–Kier alpha value is -4.31. The van der Waals surface area contributed by atoms with Crippen LogP contribution in [0, 0.1) is 10.1 Å². The Labute approximate surface area is 193 Å². The van der Waals surface area contributed by atoms with E-state index in [0.717, 1.165) is 5.56 Å². The van der Waals surface area contributed by atoms with Crippen LogP contribution < -0.4 is 16.0 Å². The maximum Gasteiger partial charge on any atom is 0.295 e. The lowest BCUT2D eigenvalue weighted by atomic mass is 10.1. The minimum absolute atomic E-state index is 0.0922. The highest BCUT2D eigenvalue weighted by atomic mass is 35.5. The molecule has 0 aliphatic heterocycles. The van der Waals surface area contributed by atoms with E-state index in [2.05, 4.69) is 30.9 Å². The van der Waals surface area contributed by atoms with Gasteiger partial charge in [-0.25, -0.2) is 9.97 Å². The predicted octanol–water partition coefficient (Wildman–Crippen LogP) is 4.49. The van der Waals surface area contributed by atoms with Gasteiger partial charge in [-0.2, -0.15) is 4.98 Å². The minimum Gasteiger partial charge on any atom is -0.365 e. The van der Waals surface area contributed by atoms with Crippen molar-refractivity contribution in [3.8, 4) is 0 Å². The quantitative estimate of drug-likeness (QED) is 0.207. The molecule has 2 aromatic carbocycles. The maximum absolute atomic E-state index is 12.3. The van der Waals surface area contributed by atoms with Crippen LogP contribution in [0.4, 0.5) is 23.1 Å². The Bertz CT molecular complexity index is 1330. The molecule has 2 aromatic heterocycles. The van der Waals surface area contributed by atoms with Crippen molar-refractivity contribution in [2.45, 2.75) is 6.54 Å². The molecule has 1 amide bonds. The van der Waals surface area contributed by atoms with Gasteiger partial charge in [0.1, 0.15) is 11.0 Å². The number of halogens is 1. The molecule has 0 saturated heterocycles. The number of hydrogen-bond acceptors (Lipinski definition) is 8. The zero-order chi connectivity index (χ0) is 23.4. The number of pyridine rings is 1. The highest BCUT2D eigenvalue weighted by Crippen LogP contribution is 2.29. The van der Waals surface area contributed by atoms with Crippen LogP contribution in [0.3, 0.4) is 0 Å². The summed E-state index contributed by atoms with van der Waals surface area (Å²) in [5.74, 6) is 0.452. The number of rotatable bonds is 7. The number of hydrogen-bond donors (Lipinski definition) is 3. The monoisotopic (exact) mass is 463 g/mol. The lowest BCUT2D eigenvalue weighted by Gasteiger charge is -2.11. The van der Waals surface area contributed by atoms with Gasteiger partial charge >= 0.3 is 0 Å². The Morgan fingerprint density at radius 3 is 2.55 bits per heavy atom. The van der Waals surface area contributed by atoms with E-state index in [0.29, 0.717) is 34.2 Å². The number of nitro benzene ring substituents is 1. The second-order valence-electron chi connectivity index (χ2n) is 6.95. The first-order valence-corrected chi connectivity index (χ1v) is 10.2. The average Bonchev–Trinajstić information content (AvgIpc) is 2.83. The lowest BCUT2D eigenvalue weighted by molar-refractivity contribution is -0.383. The standard InChI is InChI=1S/C22H18ClN7O3/c1-24-22-28-19-16(3-2-4-17(19)30(32)33)20(29-22)26-11-13-5-8-15(9-6-13)27-21(31)14-7-10-18(23)25-12-14/h2-10,12H,11H2,1H3,(H,27,31)(H2,24,26,28,29). The van der Waals surface area contributed by atoms with Crippen LogP contribution in [0.25, 0.3) is 10.9 Å². The molecule has 166 valence electrons. The molecule has 11 heteroatoms. The number of fused-ring (bicyclic) bond motifs is 1. The van der Waals surface area contributed by atoms with Crippen LogP contribution in [-0.2, 0) is 6.54 Å². The summed E-state index contributed by atoms with van der Waals surface area (Å²) in [5.41, 5.74) is 2.10. The number of nitrogens with zero attached hydrogens (tertiary/aromatic N) is 4. The smallest absolute Gasteiger partial charge is 0.295 e. The molecule has 0 unspecified atom stereocenters. The first kappa shape index (κ1) is 21.9. The highest BCUT2D eigenvalue weighted by molar-refractivity contribution is 6.29. The molecule has 2 heterocycles. The van der Waals surface area contributed by atoms with Gasteiger partial charge in [0, 0.05) is 36.9 Å². The van der Waals surface area contributed by atoms with Gasteiger partial charge in [0.05, 0.1) is 10.5 Å². The van der Waals surface area contributed by atoms with Crippen molar-refractivity contribution >= 4 is 51.6 Å². The van der Waals surface area contributed by atoms with Gasteiger partial charge in [-0.15, -0.1) is 0 Å². The van der Waals surface area contributed by atoms with E-state index in [9.17, 15) is 14.9 Å². The van der Waals surface area contributed by atoms with Crippen molar-refractivity contribution in [3.63, 3.8) is 0 Å². The van der Waals surface area contributed by atoms with E-state index in [-0.39, 0.29) is 23.1 Å². The topological polar surface area (TPSA) is 135 Å². The van der Waals surface area contributed by atoms with Crippen LogP contribution >= 0.6 is 11.6 Å². The minimum atomic E-state index is -0.467. The fraction of sp³-hybridized carbons (Fsp3) is 0.0909. The molecule has 0 radical (unpaired) electrons. The second-order valence-corrected chi connectivity index (χ2v) is 7.34. The van der Waals surface area contributed by atoms with Crippen molar-refractivity contribution in [1.29, 1.82) is 0 Å². The van der Waals surface area contributed by atoms with Crippen molar-refractivity contribution in [2.24, 2.45) is 0 Å². The SMILES string of the molecule is CNc1nc(NCc2ccc(NC(=O)c3ccc(Cl)nc3)cc2)c2cccc([N+](=O)[O-])c2n1. The van der Waals surface area contributed by atoms with Crippen LogP contribution in [0.2, 0.25) is 5.15 Å². The van der Waals surface area contributed by atoms with Gasteiger partial charge in [0.15, 0.2) is 5.52 Å². The summed E-state index contributed by atoms with van der Waals surface area (Å²) in [5, 5.41) is 21.1. The maximum atomic E-state index is 12.3. The van der Waals surface area contributed by atoms with Gasteiger partial charge in [-0.3, -0.25) is 14.9 Å². The number of carbonyl (C=O) groups excluding carboxylic acids is 1. The number of para-hydroxylation sites is 1. The van der Waals surface area contributed by atoms with Gasteiger partial charge in [-0.05, 0) is 35.9 Å². The van der Waals surface area contributed by atoms with E-state index >= 15 is 0 Å². The van der Waals surface area contributed by atoms with Crippen LogP contribution in [0.5, 0.6) is 0 Å². The van der Waals surface area contributed by atoms with Crippen molar-refractivity contribution < 1.29 is 9.72 Å². The molecule has 0 saturated carbocycles. The van der Waals surface area contributed by atoms with Crippen LogP contribution in [-0.4, -0.2) is 32.8 Å². The summed E-state index contributed by atoms with van der Waals surface area (Å²) in [6.07, 6.45) is 1.41. The number of nitro groups is 1. The highest BCUT2D eigenvalue weighted by Gasteiger charge is 2.17. The van der Waals surface area contributed by atoms with Crippen molar-refractivity contribution in [2.75, 3.05) is 23.0 Å². The molecule has 4 aromatic rings. The van der Waals surface area contributed by atoms with E-state index < -0.39 is 4.92 Å². The number of carbonyl (C=O) groups is 1. The molecule has 0 spiro atoms. The number of aromatic nitrogens is 3. The Morgan fingerprint density at radius 1 is 1.09 bits per heavy atom. The van der Waals surface area contributed by atoms with E-state index in [1.165, 1.54) is 12.3 Å². The number of amides is 1. The molecule has 4 rings (SSSR count). The molecule has 33 heavy (non-hydrogen) atoms. The lowest BCUT2D eigenvalue weighted by Crippen LogP contribution is -2.12. The van der Waals surface area contributed by atoms with E-state index in [1.54, 1.807) is 43.4 Å². The Kier molecular flexibility index (Phi) is 6.27. The van der Waals surface area contributed by atoms with Gasteiger partial charge in [-0.1, -0.05) is 29.8 Å². The van der Waals surface area contributed by atoms with Gasteiger partial charge in [0.2, 0.25) is 5.95 Å². The number of nitrogens with one attached hydrogen (secondary N) is 3. The third kappa shape index (κ3) is 4.96. The molecule has 0 bridgehead atoms. The van der Waals surface area contributed by atoms with Crippen molar-refractivity contribution in [1.82, 2.24) is 15.0 Å². The number of anilines is 3. The average molecular weight is 464 g/mol. The molecule has 0 atom stereocenters. The fourth-order valence-electron chi connectivity index (χ4n) is 3.14. The fourth-order valence-corrected chi connectivity index (χ4v) is 3.25. The summed E-state index contributed by atoms with van der Waals surface area (Å²) in [6, 6.07) is 15.2. The molecular formula is C22H18ClN7O3. The second kappa shape index (κ2) is 9.45. The summed E-state index contributed by atoms with van der Waals surface area (Å²) < 4.78 is 0. The Morgan fingerprint density at radius 2 is 1.88 bits per heavy atom.